The van der Waals surface area contributed by atoms with E-state index in [0.29, 0.717) is 26.1 Å². The van der Waals surface area contributed by atoms with E-state index >= 15 is 0 Å². The fourth-order valence-electron chi connectivity index (χ4n) is 2.87. The van der Waals surface area contributed by atoms with Gasteiger partial charge in [0.25, 0.3) is 0 Å². The van der Waals surface area contributed by atoms with Crippen molar-refractivity contribution in [2.75, 3.05) is 13.7 Å². The number of carbonyl (C=O) groups is 2. The van der Waals surface area contributed by atoms with Crippen LogP contribution in [0.15, 0.2) is 42.5 Å². The molecule has 0 fully saturated rings. The number of carbonyl (C=O) groups excluding carboxylic acids is 2. The van der Waals surface area contributed by atoms with Crippen molar-refractivity contribution in [3.8, 4) is 0 Å². The number of nitrogens with zero attached hydrogens (tertiary/aromatic N) is 3. The Bertz CT molecular complexity index is 780. The molecule has 0 spiro atoms. The van der Waals surface area contributed by atoms with E-state index in [1.165, 1.54) is 7.11 Å². The normalized spacial score (nSPS) is 14.2. The summed E-state index contributed by atoms with van der Waals surface area (Å²) in [5.74, 6) is -0.384. The van der Waals surface area contributed by atoms with E-state index in [2.05, 4.69) is 5.10 Å². The summed E-state index contributed by atoms with van der Waals surface area (Å²) in [6.45, 7) is 1.84. The van der Waals surface area contributed by atoms with Crippen LogP contribution in [-0.4, -0.2) is 40.2 Å². The summed E-state index contributed by atoms with van der Waals surface area (Å²) in [5, 5.41) is 4.27. The van der Waals surface area contributed by atoms with Crippen molar-refractivity contribution >= 4 is 18.0 Å². The summed E-state index contributed by atoms with van der Waals surface area (Å²) in [7, 11) is 1.34. The van der Waals surface area contributed by atoms with E-state index in [0.717, 1.165) is 17.7 Å². The van der Waals surface area contributed by atoms with Gasteiger partial charge in [0, 0.05) is 19.5 Å². The average molecular weight is 339 g/mol. The number of aromatic nitrogens is 2. The zero-order chi connectivity index (χ0) is 17.6. The van der Waals surface area contributed by atoms with Crippen LogP contribution in [0.25, 0.3) is 6.08 Å². The number of esters is 1. The molecule has 2 heterocycles. The molecule has 2 aromatic rings. The average Bonchev–Trinajstić information content (AvgIpc) is 2.93. The highest BCUT2D eigenvalue weighted by atomic mass is 16.5. The molecule has 0 saturated carbocycles. The zero-order valence-electron chi connectivity index (χ0n) is 14.2. The Hall–Kier alpha value is -2.89. The lowest BCUT2D eigenvalue weighted by Crippen LogP contribution is -2.30. The first-order chi connectivity index (χ1) is 12.2. The van der Waals surface area contributed by atoms with Gasteiger partial charge < -0.3 is 9.64 Å². The Morgan fingerprint density at radius 1 is 1.24 bits per heavy atom. The van der Waals surface area contributed by atoms with E-state index in [9.17, 15) is 9.59 Å². The number of aryl methyl sites for hydroxylation is 1. The van der Waals surface area contributed by atoms with E-state index in [-0.39, 0.29) is 11.6 Å². The molecule has 0 saturated heterocycles. The number of ether oxygens (including phenoxy) is 1. The van der Waals surface area contributed by atoms with Gasteiger partial charge in [0.15, 0.2) is 5.69 Å². The maximum Gasteiger partial charge on any atom is 0.358 e. The van der Waals surface area contributed by atoms with Gasteiger partial charge in [-0.05, 0) is 18.1 Å². The summed E-state index contributed by atoms with van der Waals surface area (Å²) in [6.07, 6.45) is 5.01. The van der Waals surface area contributed by atoms with Crippen LogP contribution in [0.3, 0.4) is 0 Å². The summed E-state index contributed by atoms with van der Waals surface area (Å²) < 4.78 is 6.50. The molecule has 6 nitrogen and oxygen atoms in total. The van der Waals surface area contributed by atoms with Crippen LogP contribution < -0.4 is 0 Å². The molecule has 1 aromatic carbocycles. The van der Waals surface area contributed by atoms with Gasteiger partial charge in [-0.2, -0.15) is 5.10 Å². The first-order valence-electron chi connectivity index (χ1n) is 8.32. The number of hydrogen-bond acceptors (Lipinski definition) is 4. The zero-order valence-corrected chi connectivity index (χ0v) is 14.2. The molecule has 1 aliphatic heterocycles. The van der Waals surface area contributed by atoms with Crippen LogP contribution in [0, 0.1) is 0 Å². The topological polar surface area (TPSA) is 64.4 Å². The highest BCUT2D eigenvalue weighted by Gasteiger charge is 2.22. The molecule has 1 aliphatic rings. The Labute approximate surface area is 146 Å². The number of amides is 1. The Morgan fingerprint density at radius 3 is 2.80 bits per heavy atom. The van der Waals surface area contributed by atoms with E-state index in [1.807, 2.05) is 47.4 Å². The predicted octanol–water partition coefficient (Wildman–Crippen LogP) is 2.51. The van der Waals surface area contributed by atoms with Crippen molar-refractivity contribution in [3.05, 3.63) is 59.4 Å². The van der Waals surface area contributed by atoms with Crippen LogP contribution >= 0.6 is 0 Å². The van der Waals surface area contributed by atoms with Crippen molar-refractivity contribution in [1.82, 2.24) is 14.7 Å². The smallest absolute Gasteiger partial charge is 0.358 e. The van der Waals surface area contributed by atoms with Gasteiger partial charge in [-0.25, -0.2) is 4.79 Å². The minimum atomic E-state index is -0.454. The molecule has 0 N–H and O–H groups in total. The Morgan fingerprint density at radius 2 is 2.04 bits per heavy atom. The Balaban J connectivity index is 1.64. The second kappa shape index (κ2) is 7.79. The maximum atomic E-state index is 12.5. The van der Waals surface area contributed by atoms with Gasteiger partial charge in [0.05, 0.1) is 19.3 Å². The quantitative estimate of drug-likeness (QED) is 0.803. The molecule has 0 radical (unpaired) electrons. The molecular formula is C19H21N3O3. The van der Waals surface area contributed by atoms with Crippen molar-refractivity contribution in [1.29, 1.82) is 0 Å². The Kier molecular flexibility index (Phi) is 5.28. The van der Waals surface area contributed by atoms with E-state index in [1.54, 1.807) is 10.7 Å². The minimum absolute atomic E-state index is 0.0708. The summed E-state index contributed by atoms with van der Waals surface area (Å²) in [4.78, 5) is 25.9. The maximum absolute atomic E-state index is 12.5. The van der Waals surface area contributed by atoms with E-state index < -0.39 is 5.97 Å². The summed E-state index contributed by atoms with van der Waals surface area (Å²) in [5.41, 5.74) is 2.22. The van der Waals surface area contributed by atoms with Crippen molar-refractivity contribution in [3.63, 3.8) is 0 Å². The van der Waals surface area contributed by atoms with Gasteiger partial charge in [0.2, 0.25) is 5.91 Å². The molecule has 0 aliphatic carbocycles. The number of methoxy groups -OCH3 is 1. The number of fused-ring (bicyclic) bond motifs is 1. The number of rotatable bonds is 4. The van der Waals surface area contributed by atoms with Crippen molar-refractivity contribution < 1.29 is 14.3 Å². The van der Waals surface area contributed by atoms with Crippen LogP contribution in [0.1, 0.15) is 34.6 Å². The largest absolute Gasteiger partial charge is 0.464 e. The third-order valence-corrected chi connectivity index (χ3v) is 4.16. The molecule has 0 bridgehead atoms. The molecule has 25 heavy (non-hydrogen) atoms. The summed E-state index contributed by atoms with van der Waals surface area (Å²) >= 11 is 0. The third kappa shape index (κ3) is 4.15. The molecule has 6 heteroatoms. The fourth-order valence-corrected chi connectivity index (χ4v) is 2.87. The standard InChI is InChI=1S/C19H21N3O3/c1-25-19(24)17-13-16-14-21(11-6-12-22(16)20-17)18(23)10-5-9-15-7-3-2-4-8-15/h2-5,7-9,13H,6,10-12,14H2,1H3. The van der Waals surface area contributed by atoms with Gasteiger partial charge in [-0.1, -0.05) is 42.5 Å². The lowest BCUT2D eigenvalue weighted by atomic mass is 10.2. The minimum Gasteiger partial charge on any atom is -0.464 e. The predicted molar refractivity (Wildman–Crippen MR) is 93.7 cm³/mol. The first-order valence-corrected chi connectivity index (χ1v) is 8.32. The number of hydrogen-bond donors (Lipinski definition) is 0. The molecule has 0 atom stereocenters. The molecule has 130 valence electrons. The highest BCUT2D eigenvalue weighted by Crippen LogP contribution is 2.15. The monoisotopic (exact) mass is 339 g/mol. The SMILES string of the molecule is COC(=O)c1cc2n(n1)CCCN(C(=O)CC=Cc1ccccc1)C2. The second-order valence-electron chi connectivity index (χ2n) is 5.92. The fraction of sp³-hybridized carbons (Fsp3) is 0.316. The second-order valence-corrected chi connectivity index (χ2v) is 5.92. The van der Waals surface area contributed by atoms with Gasteiger partial charge >= 0.3 is 5.97 Å². The first kappa shape index (κ1) is 17.0. The number of benzene rings is 1. The van der Waals surface area contributed by atoms with Crippen LogP contribution in [-0.2, 0) is 22.6 Å². The van der Waals surface area contributed by atoms with Gasteiger partial charge in [-0.3, -0.25) is 9.48 Å². The van der Waals surface area contributed by atoms with Crippen LogP contribution in [0.4, 0.5) is 0 Å². The van der Waals surface area contributed by atoms with Gasteiger partial charge in [0.1, 0.15) is 0 Å². The van der Waals surface area contributed by atoms with Crippen LogP contribution in [0.2, 0.25) is 0 Å². The van der Waals surface area contributed by atoms with E-state index in [4.69, 9.17) is 4.74 Å². The molecule has 1 aromatic heterocycles. The molecule has 0 unspecified atom stereocenters. The summed E-state index contributed by atoms with van der Waals surface area (Å²) in [6, 6.07) is 11.6. The van der Waals surface area contributed by atoms with Crippen LogP contribution in [0.5, 0.6) is 0 Å². The molecular weight excluding hydrogens is 318 g/mol. The lowest BCUT2D eigenvalue weighted by Gasteiger charge is -2.19. The lowest BCUT2D eigenvalue weighted by molar-refractivity contribution is -0.130. The molecule has 3 rings (SSSR count). The molecule has 1 amide bonds. The van der Waals surface area contributed by atoms with Crippen molar-refractivity contribution in [2.24, 2.45) is 0 Å². The van der Waals surface area contributed by atoms with Crippen molar-refractivity contribution in [2.45, 2.75) is 25.9 Å². The third-order valence-electron chi connectivity index (χ3n) is 4.16. The highest BCUT2D eigenvalue weighted by molar-refractivity contribution is 5.87. The van der Waals surface area contributed by atoms with Gasteiger partial charge in [-0.15, -0.1) is 0 Å².